The van der Waals surface area contributed by atoms with Crippen molar-refractivity contribution in [2.24, 2.45) is 0 Å². The van der Waals surface area contributed by atoms with Gasteiger partial charge in [-0.15, -0.1) is 0 Å². The van der Waals surface area contributed by atoms with E-state index in [4.69, 9.17) is 11.6 Å². The Labute approximate surface area is 187 Å². The van der Waals surface area contributed by atoms with Gasteiger partial charge in [-0.05, 0) is 68.4 Å². The summed E-state index contributed by atoms with van der Waals surface area (Å²) in [5, 5.41) is 6.19. The quantitative estimate of drug-likeness (QED) is 0.361. The molecule has 10 heteroatoms. The molecule has 0 radical (unpaired) electrons. The van der Waals surface area contributed by atoms with Crippen LogP contribution in [0.2, 0.25) is 5.15 Å². The number of rotatable bonds is 4. The van der Waals surface area contributed by atoms with Crippen molar-refractivity contribution < 1.29 is 8.78 Å². The average Bonchev–Trinajstić information content (AvgIpc) is 2.71. The van der Waals surface area contributed by atoms with E-state index in [1.54, 1.807) is 37.3 Å². The molecule has 0 fully saturated rings. The van der Waals surface area contributed by atoms with Gasteiger partial charge in [0.05, 0.1) is 0 Å². The van der Waals surface area contributed by atoms with Gasteiger partial charge in [-0.2, -0.15) is 0 Å². The first-order valence-corrected chi connectivity index (χ1v) is 9.79. The number of aromatic amines is 1. The van der Waals surface area contributed by atoms with Crippen molar-refractivity contribution in [3.63, 3.8) is 0 Å². The number of nitrogens with zero attached hydrogens (tertiary/aromatic N) is 3. The fourth-order valence-corrected chi connectivity index (χ4v) is 2.79. The first-order chi connectivity index (χ1) is 15.3. The van der Waals surface area contributed by atoms with Crippen LogP contribution in [0.5, 0.6) is 0 Å². The van der Waals surface area contributed by atoms with Crippen LogP contribution in [0.25, 0.3) is 0 Å². The van der Waals surface area contributed by atoms with E-state index < -0.39 is 0 Å². The summed E-state index contributed by atoms with van der Waals surface area (Å²) >= 11 is 5.79. The van der Waals surface area contributed by atoms with Gasteiger partial charge in [0.1, 0.15) is 16.8 Å². The summed E-state index contributed by atoms with van der Waals surface area (Å²) < 4.78 is 25.3. The van der Waals surface area contributed by atoms with Gasteiger partial charge in [0.25, 0.3) is 5.56 Å². The van der Waals surface area contributed by atoms with Crippen LogP contribution in [0.3, 0.4) is 0 Å². The number of hydrogen-bond donors (Lipinski definition) is 3. The third-order valence-electron chi connectivity index (χ3n) is 3.90. The molecule has 164 valence electrons. The maximum absolute atomic E-state index is 12.7. The molecule has 0 bridgehead atoms. The highest BCUT2D eigenvalue weighted by Gasteiger charge is 2.01. The van der Waals surface area contributed by atoms with Gasteiger partial charge < -0.3 is 10.6 Å². The first kappa shape index (κ1) is 22.8. The van der Waals surface area contributed by atoms with Gasteiger partial charge in [0, 0.05) is 28.8 Å². The Kier molecular flexibility index (Phi) is 7.45. The Morgan fingerprint density at radius 2 is 1.31 bits per heavy atom. The largest absolute Gasteiger partial charge is 0.326 e. The molecular formula is C22H19ClF2N6O. The SMILES string of the molecule is Cc1cc(=O)[nH]c(Nc2ccc(F)cc2)n1.Cc1cc(Cl)nc(Nc2ccc(F)cc2)n1. The van der Waals surface area contributed by atoms with Crippen LogP contribution in [0.4, 0.5) is 32.1 Å². The van der Waals surface area contributed by atoms with E-state index in [9.17, 15) is 13.6 Å². The van der Waals surface area contributed by atoms with E-state index in [0.717, 1.165) is 5.69 Å². The van der Waals surface area contributed by atoms with Crippen LogP contribution in [0.15, 0.2) is 65.5 Å². The number of H-pyrrole nitrogens is 1. The van der Waals surface area contributed by atoms with Crippen LogP contribution >= 0.6 is 11.6 Å². The van der Waals surface area contributed by atoms with Gasteiger partial charge in [-0.3, -0.25) is 9.78 Å². The van der Waals surface area contributed by atoms with Crippen molar-refractivity contribution in [2.75, 3.05) is 10.6 Å². The maximum atomic E-state index is 12.7. The summed E-state index contributed by atoms with van der Waals surface area (Å²) in [6.07, 6.45) is 0. The normalized spacial score (nSPS) is 10.2. The zero-order valence-corrected chi connectivity index (χ0v) is 17.9. The zero-order chi connectivity index (χ0) is 23.1. The summed E-state index contributed by atoms with van der Waals surface area (Å²) in [5.41, 5.74) is 2.54. The number of hydrogen-bond acceptors (Lipinski definition) is 6. The monoisotopic (exact) mass is 456 g/mol. The van der Waals surface area contributed by atoms with Gasteiger partial charge in [-0.25, -0.2) is 23.7 Å². The third-order valence-corrected chi connectivity index (χ3v) is 4.09. The highest BCUT2D eigenvalue weighted by atomic mass is 35.5. The van der Waals surface area contributed by atoms with Crippen LogP contribution in [-0.4, -0.2) is 19.9 Å². The number of aryl methyl sites for hydroxylation is 2. The van der Waals surface area contributed by atoms with E-state index in [-0.39, 0.29) is 17.2 Å². The van der Waals surface area contributed by atoms with Gasteiger partial charge in [0.2, 0.25) is 11.9 Å². The van der Waals surface area contributed by atoms with Crippen LogP contribution in [0.1, 0.15) is 11.4 Å². The number of nitrogens with one attached hydrogen (secondary N) is 3. The molecule has 4 rings (SSSR count). The second-order valence-electron chi connectivity index (χ2n) is 6.65. The zero-order valence-electron chi connectivity index (χ0n) is 17.2. The minimum Gasteiger partial charge on any atom is -0.326 e. The summed E-state index contributed by atoms with van der Waals surface area (Å²) in [6, 6.07) is 14.8. The average molecular weight is 457 g/mol. The first-order valence-electron chi connectivity index (χ1n) is 9.41. The number of aromatic nitrogens is 4. The lowest BCUT2D eigenvalue weighted by Crippen LogP contribution is -2.10. The molecule has 2 aromatic carbocycles. The highest BCUT2D eigenvalue weighted by Crippen LogP contribution is 2.16. The lowest BCUT2D eigenvalue weighted by Gasteiger charge is -2.05. The second kappa shape index (κ2) is 10.5. The van der Waals surface area contributed by atoms with E-state index in [1.807, 2.05) is 6.92 Å². The van der Waals surface area contributed by atoms with Crippen molar-refractivity contribution in [3.05, 3.63) is 99.2 Å². The molecule has 32 heavy (non-hydrogen) atoms. The van der Waals surface area contributed by atoms with Crippen LogP contribution < -0.4 is 16.2 Å². The summed E-state index contributed by atoms with van der Waals surface area (Å²) in [6.45, 7) is 3.55. The summed E-state index contributed by atoms with van der Waals surface area (Å²) in [7, 11) is 0. The van der Waals surface area contributed by atoms with E-state index in [2.05, 4.69) is 30.6 Å². The Hall–Kier alpha value is -3.85. The van der Waals surface area contributed by atoms with Crippen molar-refractivity contribution in [3.8, 4) is 0 Å². The Bertz CT molecular complexity index is 1230. The number of benzene rings is 2. The molecule has 7 nitrogen and oxygen atoms in total. The van der Waals surface area contributed by atoms with Gasteiger partial charge in [0.15, 0.2) is 0 Å². The number of halogens is 3. The molecule has 0 amide bonds. The predicted octanol–water partition coefficient (Wildman–Crippen LogP) is 5.28. The molecule has 0 saturated heterocycles. The summed E-state index contributed by atoms with van der Waals surface area (Å²) in [4.78, 5) is 25.9. The minimum atomic E-state index is -0.309. The summed E-state index contributed by atoms with van der Waals surface area (Å²) in [5.74, 6) is 0.151. The Morgan fingerprint density at radius 1 is 0.781 bits per heavy atom. The highest BCUT2D eigenvalue weighted by molar-refractivity contribution is 6.29. The van der Waals surface area contributed by atoms with Crippen molar-refractivity contribution in [1.82, 2.24) is 19.9 Å². The smallest absolute Gasteiger partial charge is 0.252 e. The molecule has 0 atom stereocenters. The van der Waals surface area contributed by atoms with Crippen LogP contribution in [-0.2, 0) is 0 Å². The van der Waals surface area contributed by atoms with E-state index >= 15 is 0 Å². The van der Waals surface area contributed by atoms with E-state index in [0.29, 0.717) is 34.1 Å². The molecule has 2 aromatic heterocycles. The molecule has 3 N–H and O–H groups in total. The molecular weight excluding hydrogens is 438 g/mol. The number of anilines is 4. The predicted molar refractivity (Wildman–Crippen MR) is 121 cm³/mol. The van der Waals surface area contributed by atoms with Gasteiger partial charge >= 0.3 is 0 Å². The molecule has 0 aliphatic rings. The Balaban J connectivity index is 0.000000181. The fourth-order valence-electron chi connectivity index (χ4n) is 2.56. The minimum absolute atomic E-state index is 0.225. The topological polar surface area (TPSA) is 95.6 Å². The Morgan fingerprint density at radius 3 is 1.84 bits per heavy atom. The fraction of sp³-hybridized carbons (Fsp3) is 0.0909. The molecule has 0 unspecified atom stereocenters. The molecule has 0 saturated carbocycles. The van der Waals surface area contributed by atoms with Gasteiger partial charge in [-0.1, -0.05) is 11.6 Å². The molecule has 2 heterocycles. The van der Waals surface area contributed by atoms with Crippen molar-refractivity contribution >= 4 is 34.9 Å². The third kappa shape index (κ3) is 7.13. The second-order valence-corrected chi connectivity index (χ2v) is 7.04. The van der Waals surface area contributed by atoms with Crippen LogP contribution in [0, 0.1) is 25.5 Å². The lowest BCUT2D eigenvalue weighted by atomic mass is 10.3. The molecule has 0 aliphatic carbocycles. The van der Waals surface area contributed by atoms with Crippen molar-refractivity contribution in [1.29, 1.82) is 0 Å². The molecule has 0 aliphatic heterocycles. The molecule has 0 spiro atoms. The molecule has 4 aromatic rings. The lowest BCUT2D eigenvalue weighted by molar-refractivity contribution is 0.627. The maximum Gasteiger partial charge on any atom is 0.252 e. The van der Waals surface area contributed by atoms with E-state index in [1.165, 1.54) is 30.3 Å². The van der Waals surface area contributed by atoms with Crippen molar-refractivity contribution in [2.45, 2.75) is 13.8 Å². The standard InChI is InChI=1S/C11H9ClFN3.C11H10FN3O/c1-7-6-10(12)16-11(14-7)15-9-4-2-8(13)3-5-9;1-7-6-10(16)15-11(13-7)14-9-4-2-8(12)3-5-9/h2-6H,1H3,(H,14,15,16);2-6H,1H3,(H2,13,14,15,16).